The van der Waals surface area contributed by atoms with Crippen LogP contribution in [-0.4, -0.2) is 55.3 Å². The first-order chi connectivity index (χ1) is 13.0. The van der Waals surface area contributed by atoms with Gasteiger partial charge in [-0.25, -0.2) is 9.79 Å². The summed E-state index contributed by atoms with van der Waals surface area (Å²) in [5.41, 5.74) is 2.54. The SMILES string of the molecule is CCOCCCNC(=O)C(/C=C1\C(=O)ONN1C)=NC(=O)c1ccccc1. The third kappa shape index (κ3) is 6.01. The molecule has 0 radical (unpaired) electrons. The Balaban J connectivity index is 2.19. The molecule has 0 aliphatic carbocycles. The predicted molar refractivity (Wildman–Crippen MR) is 97.4 cm³/mol. The first-order valence-electron chi connectivity index (χ1n) is 8.49. The normalized spacial score (nSPS) is 15.8. The molecule has 9 nitrogen and oxygen atoms in total. The van der Waals surface area contributed by atoms with Crippen LogP contribution in [0.1, 0.15) is 23.7 Å². The molecule has 2 amide bonds. The second-order valence-electron chi connectivity index (χ2n) is 5.54. The largest absolute Gasteiger partial charge is 0.382 e. The fourth-order valence-corrected chi connectivity index (χ4v) is 2.15. The molecule has 9 heteroatoms. The molecule has 1 saturated heterocycles. The quantitative estimate of drug-likeness (QED) is 0.390. The number of benzene rings is 1. The van der Waals surface area contributed by atoms with Crippen LogP contribution in [0, 0.1) is 0 Å². The summed E-state index contributed by atoms with van der Waals surface area (Å²) < 4.78 is 5.21. The highest BCUT2D eigenvalue weighted by atomic mass is 16.7. The van der Waals surface area contributed by atoms with E-state index in [4.69, 9.17) is 4.74 Å². The lowest BCUT2D eigenvalue weighted by molar-refractivity contribution is -0.142. The molecule has 1 aromatic carbocycles. The molecule has 0 bridgehead atoms. The van der Waals surface area contributed by atoms with E-state index in [0.717, 1.165) is 0 Å². The number of nitrogens with zero attached hydrogens (tertiary/aromatic N) is 2. The topological polar surface area (TPSA) is 109 Å². The van der Waals surface area contributed by atoms with Gasteiger partial charge in [-0.15, -0.1) is 0 Å². The van der Waals surface area contributed by atoms with E-state index in [1.165, 1.54) is 18.1 Å². The number of hydrogen-bond acceptors (Lipinski definition) is 7. The second kappa shape index (κ2) is 10.2. The Labute approximate surface area is 157 Å². The number of nitrogens with one attached hydrogen (secondary N) is 2. The average Bonchev–Trinajstić information content (AvgIpc) is 2.99. The molecule has 0 unspecified atom stereocenters. The number of hydrogen-bond donors (Lipinski definition) is 2. The predicted octanol–water partition coefficient (Wildman–Crippen LogP) is 0.603. The molecule has 1 aromatic rings. The van der Waals surface area contributed by atoms with Gasteiger partial charge in [0.1, 0.15) is 11.4 Å². The van der Waals surface area contributed by atoms with E-state index in [-0.39, 0.29) is 11.4 Å². The van der Waals surface area contributed by atoms with Gasteiger partial charge in [0.15, 0.2) is 0 Å². The van der Waals surface area contributed by atoms with Gasteiger partial charge in [-0.2, -0.15) is 0 Å². The smallest absolute Gasteiger partial charge is 0.376 e. The summed E-state index contributed by atoms with van der Waals surface area (Å²) in [5.74, 6) is -1.84. The van der Waals surface area contributed by atoms with E-state index in [9.17, 15) is 14.4 Å². The highest BCUT2D eigenvalue weighted by molar-refractivity contribution is 6.45. The van der Waals surface area contributed by atoms with Gasteiger partial charge >= 0.3 is 5.97 Å². The molecule has 2 rings (SSSR count). The summed E-state index contributed by atoms with van der Waals surface area (Å²) in [6, 6.07) is 8.34. The Hall–Kier alpha value is -3.04. The van der Waals surface area contributed by atoms with Crippen molar-refractivity contribution in [3.8, 4) is 0 Å². The Morgan fingerprint density at radius 3 is 2.70 bits per heavy atom. The zero-order valence-electron chi connectivity index (χ0n) is 15.2. The Morgan fingerprint density at radius 1 is 1.33 bits per heavy atom. The standard InChI is InChI=1S/C18H22N4O5/c1-3-26-11-7-10-19-17(24)14(12-15-18(25)27-21-22(15)2)20-16(23)13-8-5-4-6-9-13/h4-6,8-9,12,21H,3,7,10-11H2,1-2H3,(H,19,24)/b15-12+,20-14?. The van der Waals surface area contributed by atoms with Crippen molar-refractivity contribution in [1.29, 1.82) is 0 Å². The van der Waals surface area contributed by atoms with E-state index in [1.54, 1.807) is 30.3 Å². The van der Waals surface area contributed by atoms with Gasteiger partial charge in [0.05, 0.1) is 0 Å². The Kier molecular flexibility index (Phi) is 7.65. The molecule has 0 aromatic heterocycles. The van der Waals surface area contributed by atoms with Crippen LogP contribution in [0.5, 0.6) is 0 Å². The van der Waals surface area contributed by atoms with Crippen LogP contribution in [-0.2, 0) is 19.2 Å². The van der Waals surface area contributed by atoms with Gasteiger partial charge in [0, 0.05) is 38.4 Å². The maximum absolute atomic E-state index is 12.5. The molecule has 1 aliphatic rings. The molecular formula is C18H22N4O5. The Bertz CT molecular complexity index is 745. The van der Waals surface area contributed by atoms with E-state index < -0.39 is 17.8 Å². The molecule has 1 fully saturated rings. The molecular weight excluding hydrogens is 352 g/mol. The molecule has 1 aliphatic heterocycles. The zero-order valence-corrected chi connectivity index (χ0v) is 15.2. The van der Waals surface area contributed by atoms with E-state index >= 15 is 0 Å². The number of amides is 2. The summed E-state index contributed by atoms with van der Waals surface area (Å²) in [6.45, 7) is 3.33. The molecule has 144 valence electrons. The van der Waals surface area contributed by atoms with Crippen LogP contribution in [0.4, 0.5) is 0 Å². The molecule has 0 atom stereocenters. The maximum atomic E-state index is 12.5. The zero-order chi connectivity index (χ0) is 19.6. The lowest BCUT2D eigenvalue weighted by Gasteiger charge is -2.09. The van der Waals surface area contributed by atoms with Crippen molar-refractivity contribution >= 4 is 23.5 Å². The van der Waals surface area contributed by atoms with Crippen LogP contribution in [0.15, 0.2) is 47.1 Å². The summed E-state index contributed by atoms with van der Waals surface area (Å²) in [7, 11) is 1.54. The second-order valence-corrected chi connectivity index (χ2v) is 5.54. The van der Waals surface area contributed by atoms with E-state index in [0.29, 0.717) is 31.7 Å². The molecule has 0 spiro atoms. The highest BCUT2D eigenvalue weighted by Gasteiger charge is 2.26. The number of carbonyl (C=O) groups is 3. The number of rotatable bonds is 8. The fourth-order valence-electron chi connectivity index (χ4n) is 2.15. The maximum Gasteiger partial charge on any atom is 0.376 e. The van der Waals surface area contributed by atoms with Gasteiger partial charge in [-0.3, -0.25) is 14.6 Å². The summed E-state index contributed by atoms with van der Waals surface area (Å²) in [6.07, 6.45) is 1.82. The van der Waals surface area contributed by atoms with Crippen LogP contribution in [0.2, 0.25) is 0 Å². The van der Waals surface area contributed by atoms with Gasteiger partial charge < -0.3 is 14.9 Å². The minimum Gasteiger partial charge on any atom is -0.382 e. The van der Waals surface area contributed by atoms with E-state index in [2.05, 4.69) is 20.7 Å². The summed E-state index contributed by atoms with van der Waals surface area (Å²) in [5, 5.41) is 3.95. The monoisotopic (exact) mass is 374 g/mol. The lowest BCUT2D eigenvalue weighted by Crippen LogP contribution is -2.33. The number of hydrazine groups is 1. The third-order valence-electron chi connectivity index (χ3n) is 3.55. The van der Waals surface area contributed by atoms with Gasteiger partial charge in [0.25, 0.3) is 11.8 Å². The number of ether oxygens (including phenoxy) is 1. The molecule has 0 saturated carbocycles. The number of carbonyl (C=O) groups excluding carboxylic acids is 3. The highest BCUT2D eigenvalue weighted by Crippen LogP contribution is 2.09. The van der Waals surface area contributed by atoms with Crippen molar-refractivity contribution in [2.45, 2.75) is 13.3 Å². The summed E-state index contributed by atoms with van der Waals surface area (Å²) >= 11 is 0. The van der Waals surface area contributed by atoms with Crippen LogP contribution in [0.25, 0.3) is 0 Å². The van der Waals surface area contributed by atoms with Crippen molar-refractivity contribution in [2.75, 3.05) is 26.8 Å². The van der Waals surface area contributed by atoms with Crippen LogP contribution >= 0.6 is 0 Å². The van der Waals surface area contributed by atoms with Gasteiger partial charge in [-0.05, 0) is 25.5 Å². The van der Waals surface area contributed by atoms with Crippen molar-refractivity contribution in [1.82, 2.24) is 15.9 Å². The van der Waals surface area contributed by atoms with Gasteiger partial charge in [0.2, 0.25) is 0 Å². The van der Waals surface area contributed by atoms with Crippen molar-refractivity contribution in [2.24, 2.45) is 4.99 Å². The minimum atomic E-state index is -0.679. The first-order valence-corrected chi connectivity index (χ1v) is 8.49. The first kappa shape index (κ1) is 20.3. The molecule has 2 N–H and O–H groups in total. The van der Waals surface area contributed by atoms with Crippen LogP contribution in [0.3, 0.4) is 0 Å². The third-order valence-corrected chi connectivity index (χ3v) is 3.55. The molecule has 27 heavy (non-hydrogen) atoms. The Morgan fingerprint density at radius 2 is 2.07 bits per heavy atom. The number of aliphatic imine (C=N–C) groups is 1. The van der Waals surface area contributed by atoms with Gasteiger partial charge in [-0.1, -0.05) is 23.8 Å². The molecule has 1 heterocycles. The van der Waals surface area contributed by atoms with Crippen molar-refractivity contribution in [3.05, 3.63) is 47.7 Å². The van der Waals surface area contributed by atoms with Crippen LogP contribution < -0.4 is 10.9 Å². The average molecular weight is 374 g/mol. The lowest BCUT2D eigenvalue weighted by atomic mass is 10.2. The van der Waals surface area contributed by atoms with E-state index in [1.807, 2.05) is 6.92 Å². The number of likely N-dealkylation sites (N-methyl/N-ethyl adjacent to an activating group) is 1. The fraction of sp³-hybridized carbons (Fsp3) is 0.333. The van der Waals surface area contributed by atoms with Crippen molar-refractivity contribution < 1.29 is 24.0 Å². The summed E-state index contributed by atoms with van der Waals surface area (Å²) in [4.78, 5) is 45.1. The van der Waals surface area contributed by atoms with Crippen molar-refractivity contribution in [3.63, 3.8) is 0 Å². The minimum absolute atomic E-state index is 0.0547.